The van der Waals surface area contributed by atoms with Crippen molar-refractivity contribution in [2.45, 2.75) is 39.3 Å². The Morgan fingerprint density at radius 2 is 1.60 bits per heavy atom. The van der Waals surface area contributed by atoms with Crippen LogP contribution in [0.25, 0.3) is 10.6 Å². The number of rotatable bonds is 6. The van der Waals surface area contributed by atoms with Gasteiger partial charge in [0.1, 0.15) is 10.8 Å². The van der Waals surface area contributed by atoms with Gasteiger partial charge in [0.15, 0.2) is 0 Å². The van der Waals surface area contributed by atoms with Crippen LogP contribution in [0.2, 0.25) is 0 Å². The molecule has 0 spiro atoms. The summed E-state index contributed by atoms with van der Waals surface area (Å²) in [5.74, 6) is 0.330. The van der Waals surface area contributed by atoms with Gasteiger partial charge >= 0.3 is 0 Å². The van der Waals surface area contributed by atoms with E-state index < -0.39 is 0 Å². The highest BCUT2D eigenvalue weighted by Crippen LogP contribution is 2.24. The number of benzene rings is 2. The standard InChI is InChI=1S/C21H23FN2S/c1-14(2)16-4-6-17(7-5-16)15(3)23-12-20-13-25-21(24-20)18-8-10-19(22)11-9-18/h4-11,13-15,23H,12H2,1-3H3. The van der Waals surface area contributed by atoms with E-state index in [-0.39, 0.29) is 11.9 Å². The van der Waals surface area contributed by atoms with E-state index in [4.69, 9.17) is 0 Å². The van der Waals surface area contributed by atoms with Gasteiger partial charge in [-0.05, 0) is 48.2 Å². The Kier molecular flexibility index (Phi) is 5.61. The Hall–Kier alpha value is -2.04. The van der Waals surface area contributed by atoms with Crippen molar-refractivity contribution in [3.05, 3.63) is 76.5 Å². The molecule has 2 aromatic carbocycles. The first-order valence-electron chi connectivity index (χ1n) is 8.56. The minimum Gasteiger partial charge on any atom is -0.305 e. The van der Waals surface area contributed by atoms with Crippen LogP contribution in [0.5, 0.6) is 0 Å². The van der Waals surface area contributed by atoms with Crippen LogP contribution < -0.4 is 5.32 Å². The molecule has 1 unspecified atom stereocenters. The first-order valence-corrected chi connectivity index (χ1v) is 9.44. The second kappa shape index (κ2) is 7.89. The highest BCUT2D eigenvalue weighted by molar-refractivity contribution is 7.13. The Morgan fingerprint density at radius 1 is 0.960 bits per heavy atom. The van der Waals surface area contributed by atoms with Crippen molar-refractivity contribution in [3.8, 4) is 10.6 Å². The van der Waals surface area contributed by atoms with Crippen LogP contribution in [0.3, 0.4) is 0 Å². The maximum absolute atomic E-state index is 13.0. The van der Waals surface area contributed by atoms with Gasteiger partial charge in [0.2, 0.25) is 0 Å². The Labute approximate surface area is 152 Å². The number of aromatic nitrogens is 1. The largest absolute Gasteiger partial charge is 0.305 e. The van der Waals surface area contributed by atoms with Crippen LogP contribution in [0, 0.1) is 5.82 Å². The highest BCUT2D eigenvalue weighted by atomic mass is 32.1. The third-order valence-corrected chi connectivity index (χ3v) is 5.28. The summed E-state index contributed by atoms with van der Waals surface area (Å²) in [7, 11) is 0. The molecular formula is C21H23FN2S. The molecule has 1 N–H and O–H groups in total. The van der Waals surface area contributed by atoms with Crippen LogP contribution >= 0.6 is 11.3 Å². The molecule has 0 amide bonds. The zero-order valence-electron chi connectivity index (χ0n) is 14.8. The van der Waals surface area contributed by atoms with Gasteiger partial charge in [-0.2, -0.15) is 0 Å². The third-order valence-electron chi connectivity index (χ3n) is 4.34. The lowest BCUT2D eigenvalue weighted by Gasteiger charge is -2.14. The Balaban J connectivity index is 1.60. The zero-order chi connectivity index (χ0) is 17.8. The predicted octanol–water partition coefficient (Wildman–Crippen LogP) is 5.92. The fourth-order valence-electron chi connectivity index (χ4n) is 2.66. The number of halogens is 1. The second-order valence-electron chi connectivity index (χ2n) is 6.57. The van der Waals surface area contributed by atoms with Gasteiger partial charge in [0.25, 0.3) is 0 Å². The fourth-order valence-corrected chi connectivity index (χ4v) is 3.48. The number of nitrogens with one attached hydrogen (secondary N) is 1. The molecule has 0 aliphatic rings. The van der Waals surface area contributed by atoms with E-state index >= 15 is 0 Å². The fraction of sp³-hybridized carbons (Fsp3) is 0.286. The second-order valence-corrected chi connectivity index (χ2v) is 7.43. The summed E-state index contributed by atoms with van der Waals surface area (Å²) in [6, 6.07) is 15.5. The van der Waals surface area contributed by atoms with Crippen LogP contribution in [0.15, 0.2) is 53.9 Å². The Bertz CT molecular complexity index is 807. The zero-order valence-corrected chi connectivity index (χ0v) is 15.6. The van der Waals surface area contributed by atoms with E-state index in [1.165, 1.54) is 23.3 Å². The van der Waals surface area contributed by atoms with Gasteiger partial charge in [0, 0.05) is 23.5 Å². The summed E-state index contributed by atoms with van der Waals surface area (Å²) in [6.07, 6.45) is 0. The van der Waals surface area contributed by atoms with Crippen LogP contribution in [-0.2, 0) is 6.54 Å². The van der Waals surface area contributed by atoms with Gasteiger partial charge in [-0.3, -0.25) is 0 Å². The predicted molar refractivity (Wildman–Crippen MR) is 103 cm³/mol. The molecule has 0 radical (unpaired) electrons. The molecule has 0 saturated heterocycles. The molecule has 0 aliphatic heterocycles. The number of hydrogen-bond acceptors (Lipinski definition) is 3. The molecule has 4 heteroatoms. The summed E-state index contributed by atoms with van der Waals surface area (Å²) in [5.41, 5.74) is 4.60. The van der Waals surface area contributed by atoms with Crippen molar-refractivity contribution in [1.29, 1.82) is 0 Å². The molecule has 0 fully saturated rings. The summed E-state index contributed by atoms with van der Waals surface area (Å²) in [5, 5.41) is 6.50. The first kappa shape index (κ1) is 17.8. The molecule has 3 aromatic rings. The van der Waals surface area contributed by atoms with Gasteiger partial charge in [-0.25, -0.2) is 9.37 Å². The topological polar surface area (TPSA) is 24.9 Å². The molecule has 0 saturated carbocycles. The summed E-state index contributed by atoms with van der Waals surface area (Å²) in [4.78, 5) is 4.65. The van der Waals surface area contributed by atoms with Crippen molar-refractivity contribution in [3.63, 3.8) is 0 Å². The molecule has 130 valence electrons. The SMILES string of the molecule is CC(C)c1ccc(C(C)NCc2csc(-c3ccc(F)cc3)n2)cc1. The normalized spacial score (nSPS) is 12.5. The van der Waals surface area contributed by atoms with Crippen molar-refractivity contribution in [2.75, 3.05) is 0 Å². The van der Waals surface area contributed by atoms with E-state index in [1.54, 1.807) is 23.5 Å². The lowest BCUT2D eigenvalue weighted by Crippen LogP contribution is -2.18. The lowest BCUT2D eigenvalue weighted by atomic mass is 9.99. The summed E-state index contributed by atoms with van der Waals surface area (Å²) in [6.45, 7) is 7.29. The molecule has 2 nitrogen and oxygen atoms in total. The summed E-state index contributed by atoms with van der Waals surface area (Å²) < 4.78 is 13.0. The minimum atomic E-state index is -0.223. The molecule has 0 aliphatic carbocycles. The molecule has 0 bridgehead atoms. The maximum atomic E-state index is 13.0. The molecule has 25 heavy (non-hydrogen) atoms. The molecule has 1 heterocycles. The smallest absolute Gasteiger partial charge is 0.123 e. The van der Waals surface area contributed by atoms with Crippen LogP contribution in [0.1, 0.15) is 49.6 Å². The number of nitrogens with zero attached hydrogens (tertiary/aromatic N) is 1. The highest BCUT2D eigenvalue weighted by Gasteiger charge is 2.09. The van der Waals surface area contributed by atoms with E-state index in [1.807, 2.05) is 0 Å². The van der Waals surface area contributed by atoms with Gasteiger partial charge in [-0.15, -0.1) is 11.3 Å². The van der Waals surface area contributed by atoms with Crippen molar-refractivity contribution < 1.29 is 4.39 Å². The molecule has 1 aromatic heterocycles. The molecule has 3 rings (SSSR count). The van der Waals surface area contributed by atoms with Crippen LogP contribution in [0.4, 0.5) is 4.39 Å². The van der Waals surface area contributed by atoms with Crippen molar-refractivity contribution >= 4 is 11.3 Å². The molecular weight excluding hydrogens is 331 g/mol. The lowest BCUT2D eigenvalue weighted by molar-refractivity contribution is 0.569. The van der Waals surface area contributed by atoms with Crippen LogP contribution in [-0.4, -0.2) is 4.98 Å². The quantitative estimate of drug-likeness (QED) is 0.594. The first-order chi connectivity index (χ1) is 12.0. The number of hydrogen-bond donors (Lipinski definition) is 1. The van der Waals surface area contributed by atoms with E-state index in [0.717, 1.165) is 16.3 Å². The van der Waals surface area contributed by atoms with Crippen molar-refractivity contribution in [1.82, 2.24) is 10.3 Å². The monoisotopic (exact) mass is 354 g/mol. The third kappa shape index (κ3) is 4.53. The van der Waals surface area contributed by atoms with E-state index in [2.05, 4.69) is 60.7 Å². The minimum absolute atomic E-state index is 0.223. The number of thiazole rings is 1. The van der Waals surface area contributed by atoms with Gasteiger partial charge < -0.3 is 5.32 Å². The average Bonchev–Trinajstić information content (AvgIpc) is 3.09. The Morgan fingerprint density at radius 3 is 2.24 bits per heavy atom. The molecule has 1 atom stereocenters. The van der Waals surface area contributed by atoms with E-state index in [0.29, 0.717) is 12.5 Å². The van der Waals surface area contributed by atoms with Gasteiger partial charge in [-0.1, -0.05) is 38.1 Å². The maximum Gasteiger partial charge on any atom is 0.123 e. The van der Waals surface area contributed by atoms with E-state index in [9.17, 15) is 4.39 Å². The van der Waals surface area contributed by atoms with Gasteiger partial charge in [0.05, 0.1) is 5.69 Å². The van der Waals surface area contributed by atoms with Crippen molar-refractivity contribution in [2.24, 2.45) is 0 Å². The average molecular weight is 354 g/mol. The summed E-state index contributed by atoms with van der Waals surface area (Å²) >= 11 is 1.59.